The van der Waals surface area contributed by atoms with Crippen molar-refractivity contribution < 1.29 is 4.79 Å². The fraction of sp³-hybridized carbons (Fsp3) is 0.294. The maximum Gasteiger partial charge on any atom is 0.227 e. The number of carbonyl (C=O) groups excluding carboxylic acids is 1. The van der Waals surface area contributed by atoms with Gasteiger partial charge in [-0.3, -0.25) is 9.89 Å². The summed E-state index contributed by atoms with van der Waals surface area (Å²) in [6.45, 7) is 3.16. The number of H-pyrrole nitrogens is 1. The van der Waals surface area contributed by atoms with Crippen molar-refractivity contribution in [2.24, 2.45) is 0 Å². The Morgan fingerprint density at radius 3 is 2.62 bits per heavy atom. The molecule has 24 heavy (non-hydrogen) atoms. The lowest BCUT2D eigenvalue weighted by Gasteiger charge is -2.34. The number of rotatable bonds is 4. The first-order valence-corrected chi connectivity index (χ1v) is 9.70. The number of nitrogens with zero attached hydrogens (tertiary/aromatic N) is 3. The lowest BCUT2D eigenvalue weighted by Crippen LogP contribution is -2.49. The third-order valence-corrected chi connectivity index (χ3v) is 5.99. The van der Waals surface area contributed by atoms with Gasteiger partial charge in [-0.15, -0.1) is 22.7 Å². The molecule has 124 valence electrons. The van der Waals surface area contributed by atoms with Gasteiger partial charge in [-0.25, -0.2) is 0 Å². The van der Waals surface area contributed by atoms with E-state index in [1.54, 1.807) is 22.7 Å². The summed E-state index contributed by atoms with van der Waals surface area (Å²) in [7, 11) is 0. The van der Waals surface area contributed by atoms with Crippen LogP contribution in [0.15, 0.2) is 41.1 Å². The fourth-order valence-electron chi connectivity index (χ4n) is 2.89. The molecule has 0 bridgehead atoms. The van der Waals surface area contributed by atoms with E-state index in [-0.39, 0.29) is 5.91 Å². The molecular weight excluding hydrogens is 340 g/mol. The average Bonchev–Trinajstić information content (AvgIpc) is 3.36. The maximum absolute atomic E-state index is 12.4. The number of piperazine rings is 1. The first-order valence-electron chi connectivity index (χ1n) is 7.94. The second-order valence-corrected chi connectivity index (χ2v) is 7.72. The topological polar surface area (TPSA) is 52.2 Å². The predicted octanol–water partition coefficient (Wildman–Crippen LogP) is 3.09. The molecule has 0 radical (unpaired) electrons. The van der Waals surface area contributed by atoms with Gasteiger partial charge in [0.15, 0.2) is 5.82 Å². The molecule has 0 unspecified atom stereocenters. The molecule has 1 saturated heterocycles. The van der Waals surface area contributed by atoms with Crippen molar-refractivity contribution in [3.63, 3.8) is 0 Å². The molecule has 0 atom stereocenters. The second-order valence-electron chi connectivity index (χ2n) is 5.74. The zero-order valence-corrected chi connectivity index (χ0v) is 14.8. The summed E-state index contributed by atoms with van der Waals surface area (Å²) in [6.07, 6.45) is 0.516. The Balaban J connectivity index is 1.35. The van der Waals surface area contributed by atoms with Crippen LogP contribution < -0.4 is 4.90 Å². The van der Waals surface area contributed by atoms with Gasteiger partial charge in [-0.1, -0.05) is 12.1 Å². The van der Waals surface area contributed by atoms with Gasteiger partial charge in [0.1, 0.15) is 0 Å². The van der Waals surface area contributed by atoms with Crippen LogP contribution in [0, 0.1) is 0 Å². The Morgan fingerprint density at radius 2 is 1.92 bits per heavy atom. The predicted molar refractivity (Wildman–Crippen MR) is 98.7 cm³/mol. The maximum atomic E-state index is 12.4. The highest BCUT2D eigenvalue weighted by Crippen LogP contribution is 2.26. The zero-order valence-electron chi connectivity index (χ0n) is 13.1. The highest BCUT2D eigenvalue weighted by molar-refractivity contribution is 7.13. The van der Waals surface area contributed by atoms with Crippen LogP contribution in [0.25, 0.3) is 10.6 Å². The molecule has 7 heteroatoms. The van der Waals surface area contributed by atoms with Gasteiger partial charge in [0.25, 0.3) is 0 Å². The number of anilines is 1. The SMILES string of the molecule is O=C(Cc1cccs1)N1CCN(c2cc(-c3cccs3)[nH]n2)CC1. The number of hydrogen-bond acceptors (Lipinski definition) is 5. The number of aromatic nitrogens is 2. The molecule has 3 aromatic rings. The minimum Gasteiger partial charge on any atom is -0.352 e. The van der Waals surface area contributed by atoms with E-state index in [1.165, 1.54) is 4.88 Å². The average molecular weight is 358 g/mol. The standard InChI is InChI=1S/C17H18N4OS2/c22-17(11-13-3-1-9-23-13)21-7-5-20(6-8-21)16-12-14(18-19-16)15-4-2-10-24-15/h1-4,9-10,12H,5-8,11H2,(H,18,19). The molecule has 1 N–H and O–H groups in total. The summed E-state index contributed by atoms with van der Waals surface area (Å²) >= 11 is 3.34. The van der Waals surface area contributed by atoms with E-state index in [2.05, 4.69) is 32.6 Å². The molecule has 5 nitrogen and oxygen atoms in total. The van der Waals surface area contributed by atoms with Crippen LogP contribution >= 0.6 is 22.7 Å². The largest absolute Gasteiger partial charge is 0.352 e. The summed E-state index contributed by atoms with van der Waals surface area (Å²) in [5.74, 6) is 1.18. The first-order chi connectivity index (χ1) is 11.8. The fourth-order valence-corrected chi connectivity index (χ4v) is 4.28. The van der Waals surface area contributed by atoms with E-state index in [1.807, 2.05) is 28.5 Å². The van der Waals surface area contributed by atoms with E-state index < -0.39 is 0 Å². The Hall–Kier alpha value is -2.12. The number of nitrogens with one attached hydrogen (secondary N) is 1. The number of aromatic amines is 1. The summed E-state index contributed by atoms with van der Waals surface area (Å²) < 4.78 is 0. The quantitative estimate of drug-likeness (QED) is 0.780. The van der Waals surface area contributed by atoms with E-state index in [9.17, 15) is 4.79 Å². The van der Waals surface area contributed by atoms with Crippen molar-refractivity contribution in [3.8, 4) is 10.6 Å². The molecule has 0 spiro atoms. The molecule has 1 aliphatic rings. The van der Waals surface area contributed by atoms with Crippen molar-refractivity contribution >= 4 is 34.4 Å². The van der Waals surface area contributed by atoms with Crippen molar-refractivity contribution in [2.45, 2.75) is 6.42 Å². The molecule has 1 aliphatic heterocycles. The van der Waals surface area contributed by atoms with Crippen LogP contribution in [0.4, 0.5) is 5.82 Å². The normalized spacial score (nSPS) is 15.0. The van der Waals surface area contributed by atoms with Crippen LogP contribution in [0.2, 0.25) is 0 Å². The molecular formula is C17H18N4OS2. The molecule has 3 aromatic heterocycles. The Bertz CT molecular complexity index is 787. The zero-order chi connectivity index (χ0) is 16.4. The van der Waals surface area contributed by atoms with E-state index >= 15 is 0 Å². The van der Waals surface area contributed by atoms with Crippen LogP contribution in [0.5, 0.6) is 0 Å². The number of thiophene rings is 2. The molecule has 0 aromatic carbocycles. The number of carbonyl (C=O) groups is 1. The van der Waals surface area contributed by atoms with Gasteiger partial charge in [0.2, 0.25) is 5.91 Å². The minimum atomic E-state index is 0.221. The van der Waals surface area contributed by atoms with Crippen LogP contribution in [0.3, 0.4) is 0 Å². The third kappa shape index (κ3) is 3.22. The van der Waals surface area contributed by atoms with Gasteiger partial charge >= 0.3 is 0 Å². The second kappa shape index (κ2) is 6.78. The van der Waals surface area contributed by atoms with Crippen molar-refractivity contribution in [1.29, 1.82) is 0 Å². The number of amides is 1. The summed E-state index contributed by atoms with van der Waals surface area (Å²) in [5.41, 5.74) is 1.05. The van der Waals surface area contributed by atoms with Crippen molar-refractivity contribution in [3.05, 3.63) is 46.0 Å². The Labute approximate surface area is 148 Å². The molecule has 0 saturated carbocycles. The smallest absolute Gasteiger partial charge is 0.227 e. The molecule has 0 aliphatic carbocycles. The molecule has 4 heterocycles. The molecule has 4 rings (SSSR count). The van der Waals surface area contributed by atoms with Crippen LogP contribution in [0.1, 0.15) is 4.88 Å². The van der Waals surface area contributed by atoms with Gasteiger partial charge in [0, 0.05) is 37.1 Å². The van der Waals surface area contributed by atoms with Crippen molar-refractivity contribution in [2.75, 3.05) is 31.1 Å². The molecule has 1 fully saturated rings. The van der Waals surface area contributed by atoms with Crippen LogP contribution in [-0.2, 0) is 11.2 Å². The summed E-state index contributed by atoms with van der Waals surface area (Å²) in [6, 6.07) is 10.2. The third-order valence-electron chi connectivity index (χ3n) is 4.21. The summed E-state index contributed by atoms with van der Waals surface area (Å²) in [4.78, 5) is 18.9. The highest BCUT2D eigenvalue weighted by Gasteiger charge is 2.23. The van der Waals surface area contributed by atoms with E-state index in [0.29, 0.717) is 6.42 Å². The lowest BCUT2D eigenvalue weighted by atomic mass is 10.2. The van der Waals surface area contributed by atoms with Gasteiger partial charge in [-0.2, -0.15) is 5.10 Å². The monoisotopic (exact) mass is 358 g/mol. The number of hydrogen-bond donors (Lipinski definition) is 1. The van der Waals surface area contributed by atoms with Gasteiger partial charge in [-0.05, 0) is 22.9 Å². The lowest BCUT2D eigenvalue weighted by molar-refractivity contribution is -0.130. The van der Waals surface area contributed by atoms with Gasteiger partial charge < -0.3 is 9.80 Å². The van der Waals surface area contributed by atoms with E-state index in [4.69, 9.17) is 0 Å². The Morgan fingerprint density at radius 1 is 1.12 bits per heavy atom. The first kappa shape index (κ1) is 15.4. The minimum absolute atomic E-state index is 0.221. The summed E-state index contributed by atoms with van der Waals surface area (Å²) in [5, 5.41) is 11.6. The van der Waals surface area contributed by atoms with E-state index in [0.717, 1.165) is 42.6 Å². The highest BCUT2D eigenvalue weighted by atomic mass is 32.1. The van der Waals surface area contributed by atoms with Crippen LogP contribution in [-0.4, -0.2) is 47.2 Å². The Kier molecular flexibility index (Phi) is 4.36. The van der Waals surface area contributed by atoms with Gasteiger partial charge in [0.05, 0.1) is 17.0 Å². The van der Waals surface area contributed by atoms with Crippen molar-refractivity contribution in [1.82, 2.24) is 15.1 Å². The molecule has 1 amide bonds.